The molecule has 0 amide bonds. The molecule has 0 fully saturated rings. The van der Waals surface area contributed by atoms with Crippen LogP contribution >= 0.6 is 0 Å². The number of benzene rings is 1. The first kappa shape index (κ1) is 11.3. The molecule has 1 aliphatic rings. The highest BCUT2D eigenvalue weighted by Crippen LogP contribution is 2.34. The second-order valence-electron chi connectivity index (χ2n) is 4.74. The van der Waals surface area contributed by atoms with Crippen molar-refractivity contribution in [3.63, 3.8) is 0 Å². The van der Waals surface area contributed by atoms with Crippen LogP contribution in [0.4, 0.5) is 5.69 Å². The Morgan fingerprint density at radius 3 is 2.88 bits per heavy atom. The van der Waals surface area contributed by atoms with Crippen LogP contribution < -0.4 is 15.4 Å². The van der Waals surface area contributed by atoms with Crippen LogP contribution in [-0.4, -0.2) is 26.2 Å². The number of ether oxygens (including phenoxy) is 1. The fourth-order valence-electron chi connectivity index (χ4n) is 2.03. The molecule has 2 N–H and O–H groups in total. The Hall–Kier alpha value is -1.22. The van der Waals surface area contributed by atoms with Crippen LogP contribution in [0.2, 0.25) is 0 Å². The molecular formula is C13H20N2O. The van der Waals surface area contributed by atoms with E-state index in [1.54, 1.807) is 0 Å². The van der Waals surface area contributed by atoms with Crippen LogP contribution in [0.15, 0.2) is 18.2 Å². The average Bonchev–Trinajstić information content (AvgIpc) is 2.28. The van der Waals surface area contributed by atoms with Crippen molar-refractivity contribution in [2.24, 2.45) is 5.73 Å². The van der Waals surface area contributed by atoms with Gasteiger partial charge in [-0.15, -0.1) is 0 Å². The van der Waals surface area contributed by atoms with E-state index in [2.05, 4.69) is 44.0 Å². The van der Waals surface area contributed by atoms with Gasteiger partial charge in [-0.25, -0.2) is 0 Å². The standard InChI is InChI=1S/C13H20N2O/c1-9(2)10-4-5-13-12(6-10)15(3)8-11(7-14)16-13/h4-6,9,11H,7-8,14H2,1-3H3. The second-order valence-corrected chi connectivity index (χ2v) is 4.74. The van der Waals surface area contributed by atoms with Gasteiger partial charge in [-0.1, -0.05) is 19.9 Å². The van der Waals surface area contributed by atoms with Crippen LogP contribution in [0.5, 0.6) is 5.75 Å². The van der Waals surface area contributed by atoms with E-state index >= 15 is 0 Å². The van der Waals surface area contributed by atoms with Gasteiger partial charge in [0.2, 0.25) is 0 Å². The van der Waals surface area contributed by atoms with Crippen molar-refractivity contribution in [1.29, 1.82) is 0 Å². The number of hydrogen-bond donors (Lipinski definition) is 1. The zero-order valence-electron chi connectivity index (χ0n) is 10.2. The van der Waals surface area contributed by atoms with E-state index in [4.69, 9.17) is 10.5 Å². The normalized spacial score (nSPS) is 19.6. The topological polar surface area (TPSA) is 38.5 Å². The maximum absolute atomic E-state index is 5.82. The lowest BCUT2D eigenvalue weighted by Crippen LogP contribution is -2.42. The molecular weight excluding hydrogens is 200 g/mol. The van der Waals surface area contributed by atoms with Crippen LogP contribution in [0.3, 0.4) is 0 Å². The van der Waals surface area contributed by atoms with Gasteiger partial charge < -0.3 is 15.4 Å². The molecule has 3 heteroatoms. The van der Waals surface area contributed by atoms with Gasteiger partial charge in [-0.2, -0.15) is 0 Å². The first-order valence-electron chi connectivity index (χ1n) is 5.83. The predicted octanol–water partition coefficient (Wildman–Crippen LogP) is 1.97. The Morgan fingerprint density at radius 2 is 2.25 bits per heavy atom. The molecule has 0 saturated heterocycles. The zero-order chi connectivity index (χ0) is 11.7. The van der Waals surface area contributed by atoms with E-state index in [1.165, 1.54) is 11.3 Å². The monoisotopic (exact) mass is 220 g/mol. The van der Waals surface area contributed by atoms with Gasteiger partial charge in [-0.3, -0.25) is 0 Å². The number of nitrogens with zero attached hydrogens (tertiary/aromatic N) is 1. The molecule has 88 valence electrons. The van der Waals surface area contributed by atoms with Crippen molar-refractivity contribution >= 4 is 5.69 Å². The maximum atomic E-state index is 5.82. The van der Waals surface area contributed by atoms with Crippen molar-refractivity contribution in [2.45, 2.75) is 25.9 Å². The third-order valence-electron chi connectivity index (χ3n) is 3.09. The number of likely N-dealkylation sites (N-methyl/N-ethyl adjacent to an activating group) is 1. The van der Waals surface area contributed by atoms with Crippen LogP contribution in [-0.2, 0) is 0 Å². The van der Waals surface area contributed by atoms with Gasteiger partial charge in [0.25, 0.3) is 0 Å². The molecule has 1 aliphatic heterocycles. The number of rotatable bonds is 2. The molecule has 1 aromatic carbocycles. The van der Waals surface area contributed by atoms with Gasteiger partial charge in [0.1, 0.15) is 11.9 Å². The molecule has 3 nitrogen and oxygen atoms in total. The number of fused-ring (bicyclic) bond motifs is 1. The SMILES string of the molecule is CC(C)c1ccc2c(c1)N(C)CC(CN)O2. The summed E-state index contributed by atoms with van der Waals surface area (Å²) >= 11 is 0. The molecule has 16 heavy (non-hydrogen) atoms. The first-order valence-corrected chi connectivity index (χ1v) is 5.83. The summed E-state index contributed by atoms with van der Waals surface area (Å²) in [4.78, 5) is 2.22. The summed E-state index contributed by atoms with van der Waals surface area (Å²) in [7, 11) is 2.09. The summed E-state index contributed by atoms with van der Waals surface area (Å²) in [6, 6.07) is 6.41. The largest absolute Gasteiger partial charge is 0.485 e. The van der Waals surface area contributed by atoms with E-state index in [0.717, 1.165) is 12.3 Å². The Labute approximate surface area is 97.2 Å². The first-order chi connectivity index (χ1) is 7.61. The minimum absolute atomic E-state index is 0.113. The second kappa shape index (κ2) is 4.34. The molecule has 1 heterocycles. The van der Waals surface area contributed by atoms with E-state index in [0.29, 0.717) is 12.5 Å². The molecule has 0 bridgehead atoms. The minimum Gasteiger partial charge on any atom is -0.485 e. The Kier molecular flexibility index (Phi) is 3.06. The smallest absolute Gasteiger partial charge is 0.143 e. The van der Waals surface area contributed by atoms with Crippen molar-refractivity contribution in [2.75, 3.05) is 25.0 Å². The Morgan fingerprint density at radius 1 is 1.50 bits per heavy atom. The Balaban J connectivity index is 2.33. The fourth-order valence-corrected chi connectivity index (χ4v) is 2.03. The highest BCUT2D eigenvalue weighted by atomic mass is 16.5. The van der Waals surface area contributed by atoms with Crippen molar-refractivity contribution < 1.29 is 4.74 Å². The van der Waals surface area contributed by atoms with Crippen LogP contribution in [0.25, 0.3) is 0 Å². The maximum Gasteiger partial charge on any atom is 0.143 e. The summed E-state index contributed by atoms with van der Waals surface area (Å²) in [5.41, 5.74) is 8.17. The number of anilines is 1. The van der Waals surface area contributed by atoms with E-state index in [1.807, 2.05) is 0 Å². The summed E-state index contributed by atoms with van der Waals surface area (Å²) in [6.07, 6.45) is 0.113. The molecule has 1 atom stereocenters. The fraction of sp³-hybridized carbons (Fsp3) is 0.538. The molecule has 0 aliphatic carbocycles. The van der Waals surface area contributed by atoms with Crippen molar-refractivity contribution in [1.82, 2.24) is 0 Å². The Bertz CT molecular complexity index is 376. The number of hydrogen-bond acceptors (Lipinski definition) is 3. The van der Waals surface area contributed by atoms with E-state index in [-0.39, 0.29) is 6.10 Å². The molecule has 1 unspecified atom stereocenters. The molecule has 0 radical (unpaired) electrons. The van der Waals surface area contributed by atoms with Gasteiger partial charge in [0, 0.05) is 13.6 Å². The summed E-state index contributed by atoms with van der Waals surface area (Å²) in [6.45, 7) is 5.84. The zero-order valence-corrected chi connectivity index (χ0v) is 10.2. The molecule has 0 saturated carbocycles. The van der Waals surface area contributed by atoms with E-state index in [9.17, 15) is 0 Å². The molecule has 2 rings (SSSR count). The van der Waals surface area contributed by atoms with Crippen molar-refractivity contribution in [3.05, 3.63) is 23.8 Å². The molecule has 0 aromatic heterocycles. The summed E-state index contributed by atoms with van der Waals surface area (Å²) in [5, 5.41) is 0. The lowest BCUT2D eigenvalue weighted by Gasteiger charge is -2.33. The highest BCUT2D eigenvalue weighted by Gasteiger charge is 2.22. The van der Waals surface area contributed by atoms with Crippen LogP contribution in [0, 0.1) is 0 Å². The third-order valence-corrected chi connectivity index (χ3v) is 3.09. The average molecular weight is 220 g/mol. The highest BCUT2D eigenvalue weighted by molar-refractivity contribution is 5.61. The summed E-state index contributed by atoms with van der Waals surface area (Å²) in [5.74, 6) is 1.50. The van der Waals surface area contributed by atoms with Gasteiger partial charge >= 0.3 is 0 Å². The van der Waals surface area contributed by atoms with Gasteiger partial charge in [0.15, 0.2) is 0 Å². The molecule has 1 aromatic rings. The lowest BCUT2D eigenvalue weighted by molar-refractivity contribution is 0.203. The van der Waals surface area contributed by atoms with E-state index < -0.39 is 0 Å². The van der Waals surface area contributed by atoms with Crippen molar-refractivity contribution in [3.8, 4) is 5.75 Å². The molecule has 0 spiro atoms. The van der Waals surface area contributed by atoms with Gasteiger partial charge in [-0.05, 0) is 23.6 Å². The predicted molar refractivity (Wildman–Crippen MR) is 67.3 cm³/mol. The minimum atomic E-state index is 0.113. The summed E-state index contributed by atoms with van der Waals surface area (Å²) < 4.78 is 5.82. The van der Waals surface area contributed by atoms with Crippen LogP contribution in [0.1, 0.15) is 25.3 Å². The number of nitrogens with two attached hydrogens (primary N) is 1. The van der Waals surface area contributed by atoms with Gasteiger partial charge in [0.05, 0.1) is 12.2 Å². The lowest BCUT2D eigenvalue weighted by atomic mass is 10.0. The quantitative estimate of drug-likeness (QED) is 0.828. The third kappa shape index (κ3) is 2.00.